The maximum absolute atomic E-state index is 12.6. The smallest absolute Gasteiger partial charge is 0.259 e. The van der Waals surface area contributed by atoms with E-state index in [4.69, 9.17) is 9.15 Å². The van der Waals surface area contributed by atoms with Gasteiger partial charge in [-0.25, -0.2) is 0 Å². The van der Waals surface area contributed by atoms with Crippen LogP contribution in [0.15, 0.2) is 34.9 Å². The molecule has 0 saturated carbocycles. The first-order chi connectivity index (χ1) is 11.8. The molecule has 0 bridgehead atoms. The number of hydrogen-bond acceptors (Lipinski definition) is 4. The molecule has 6 heteroatoms. The summed E-state index contributed by atoms with van der Waals surface area (Å²) in [6.07, 6.45) is 2.77. The fraction of sp³-hybridized carbons (Fsp3) is 0.368. The second-order valence-corrected chi connectivity index (χ2v) is 7.00. The number of aryl methyl sites for hydroxylation is 1. The highest BCUT2D eigenvalue weighted by molar-refractivity contribution is 6.12. The van der Waals surface area contributed by atoms with Gasteiger partial charge in [-0.05, 0) is 39.3 Å². The fourth-order valence-corrected chi connectivity index (χ4v) is 2.73. The molecular weight excluding hydrogens is 320 g/mol. The van der Waals surface area contributed by atoms with E-state index in [1.54, 1.807) is 18.2 Å². The van der Waals surface area contributed by atoms with Crippen LogP contribution in [0.1, 0.15) is 53.7 Å². The summed E-state index contributed by atoms with van der Waals surface area (Å²) in [6, 6.07) is 7.16. The van der Waals surface area contributed by atoms with Crippen LogP contribution in [0.25, 0.3) is 0 Å². The Morgan fingerprint density at radius 3 is 2.88 bits per heavy atom. The van der Waals surface area contributed by atoms with Crippen LogP contribution in [0.5, 0.6) is 5.75 Å². The van der Waals surface area contributed by atoms with Gasteiger partial charge in [0.15, 0.2) is 0 Å². The lowest BCUT2D eigenvalue weighted by Crippen LogP contribution is -2.25. The number of benzene rings is 1. The molecule has 0 saturated heterocycles. The highest BCUT2D eigenvalue weighted by Crippen LogP contribution is 2.25. The third-order valence-corrected chi connectivity index (χ3v) is 3.72. The molecule has 3 rings (SSSR count). The summed E-state index contributed by atoms with van der Waals surface area (Å²) in [5.74, 6) is 0.574. The number of furan rings is 1. The van der Waals surface area contributed by atoms with Gasteiger partial charge >= 0.3 is 0 Å². The Hall–Kier alpha value is -2.76. The molecule has 2 heterocycles. The summed E-state index contributed by atoms with van der Waals surface area (Å²) in [7, 11) is 0. The standard InChI is InChI=1S/C19H22N2O4/c1-19(2,3)25-13-7-4-6-12(10-13)21-17(22)14-11-24-15-8-5-9-20-18(23)16(14)15/h4,6-7,10-11H,5,8-9H2,1-3H3,(H,20,23)(H,21,22). The van der Waals surface area contributed by atoms with Crippen molar-refractivity contribution < 1.29 is 18.7 Å². The molecule has 0 unspecified atom stereocenters. The number of amides is 2. The zero-order valence-electron chi connectivity index (χ0n) is 14.6. The molecule has 6 nitrogen and oxygen atoms in total. The molecule has 1 aliphatic heterocycles. The van der Waals surface area contributed by atoms with E-state index in [1.165, 1.54) is 6.26 Å². The number of anilines is 1. The summed E-state index contributed by atoms with van der Waals surface area (Å²) in [5, 5.41) is 5.58. The molecule has 0 spiro atoms. The van der Waals surface area contributed by atoms with Crippen molar-refractivity contribution in [3.8, 4) is 5.75 Å². The van der Waals surface area contributed by atoms with Gasteiger partial charge in [-0.3, -0.25) is 9.59 Å². The topological polar surface area (TPSA) is 80.6 Å². The predicted molar refractivity (Wildman–Crippen MR) is 94.1 cm³/mol. The van der Waals surface area contributed by atoms with Crippen LogP contribution in [-0.4, -0.2) is 24.0 Å². The van der Waals surface area contributed by atoms with Crippen LogP contribution in [-0.2, 0) is 6.42 Å². The van der Waals surface area contributed by atoms with E-state index in [0.29, 0.717) is 35.7 Å². The first kappa shape index (κ1) is 17.1. The third-order valence-electron chi connectivity index (χ3n) is 3.72. The lowest BCUT2D eigenvalue weighted by Gasteiger charge is -2.21. The summed E-state index contributed by atoms with van der Waals surface area (Å²) in [6.45, 7) is 6.45. The van der Waals surface area contributed by atoms with E-state index >= 15 is 0 Å². The molecule has 0 aliphatic carbocycles. The summed E-state index contributed by atoms with van der Waals surface area (Å²) >= 11 is 0. The highest BCUT2D eigenvalue weighted by atomic mass is 16.5. The normalized spacial score (nSPS) is 14.3. The number of fused-ring (bicyclic) bond motifs is 1. The van der Waals surface area contributed by atoms with E-state index in [2.05, 4.69) is 10.6 Å². The second-order valence-electron chi connectivity index (χ2n) is 7.00. The Labute approximate surface area is 146 Å². The number of carbonyl (C=O) groups excluding carboxylic acids is 2. The SMILES string of the molecule is CC(C)(C)Oc1cccc(NC(=O)c2coc3c2C(=O)NCCC3)c1. The van der Waals surface area contributed by atoms with Gasteiger partial charge in [0.25, 0.3) is 11.8 Å². The number of rotatable bonds is 3. The molecular formula is C19H22N2O4. The Morgan fingerprint density at radius 1 is 1.32 bits per heavy atom. The van der Waals surface area contributed by atoms with Crippen molar-refractivity contribution in [1.82, 2.24) is 5.32 Å². The molecule has 0 atom stereocenters. The highest BCUT2D eigenvalue weighted by Gasteiger charge is 2.26. The van der Waals surface area contributed by atoms with Gasteiger partial charge in [-0.2, -0.15) is 0 Å². The minimum Gasteiger partial charge on any atom is -0.488 e. The molecule has 0 radical (unpaired) electrons. The third kappa shape index (κ3) is 4.02. The summed E-state index contributed by atoms with van der Waals surface area (Å²) in [5.41, 5.74) is 0.840. The fourth-order valence-electron chi connectivity index (χ4n) is 2.73. The largest absolute Gasteiger partial charge is 0.488 e. The van der Waals surface area contributed by atoms with Gasteiger partial charge in [-0.15, -0.1) is 0 Å². The summed E-state index contributed by atoms with van der Waals surface area (Å²) < 4.78 is 11.2. The van der Waals surface area contributed by atoms with Crippen molar-refractivity contribution in [3.05, 3.63) is 47.4 Å². The molecule has 1 aromatic heterocycles. The molecule has 132 valence electrons. The number of carbonyl (C=O) groups is 2. The molecule has 25 heavy (non-hydrogen) atoms. The van der Waals surface area contributed by atoms with Crippen molar-refractivity contribution >= 4 is 17.5 Å². The minimum atomic E-state index is -0.380. The zero-order chi connectivity index (χ0) is 18.0. The van der Waals surface area contributed by atoms with Gasteiger partial charge in [0.05, 0.1) is 11.1 Å². The van der Waals surface area contributed by atoms with Gasteiger partial charge in [-0.1, -0.05) is 6.07 Å². The van der Waals surface area contributed by atoms with Crippen molar-refractivity contribution in [2.24, 2.45) is 0 Å². The molecule has 1 aliphatic rings. The maximum Gasteiger partial charge on any atom is 0.259 e. The van der Waals surface area contributed by atoms with Crippen molar-refractivity contribution in [3.63, 3.8) is 0 Å². The zero-order valence-corrected chi connectivity index (χ0v) is 14.6. The number of nitrogens with one attached hydrogen (secondary N) is 2. The lowest BCUT2D eigenvalue weighted by atomic mass is 10.1. The van der Waals surface area contributed by atoms with E-state index in [1.807, 2.05) is 26.8 Å². The van der Waals surface area contributed by atoms with E-state index in [-0.39, 0.29) is 23.0 Å². The van der Waals surface area contributed by atoms with Crippen LogP contribution >= 0.6 is 0 Å². The molecule has 2 amide bonds. The van der Waals surface area contributed by atoms with Crippen molar-refractivity contribution in [2.75, 3.05) is 11.9 Å². The predicted octanol–water partition coefficient (Wildman–Crippen LogP) is 3.39. The number of ether oxygens (including phenoxy) is 1. The molecule has 2 N–H and O–H groups in total. The van der Waals surface area contributed by atoms with Crippen LogP contribution in [0.2, 0.25) is 0 Å². The maximum atomic E-state index is 12.6. The van der Waals surface area contributed by atoms with Gasteiger partial charge in [0.2, 0.25) is 0 Å². The van der Waals surface area contributed by atoms with Crippen LogP contribution < -0.4 is 15.4 Å². The molecule has 0 fully saturated rings. The minimum absolute atomic E-state index is 0.247. The summed E-state index contributed by atoms with van der Waals surface area (Å²) in [4.78, 5) is 24.8. The Balaban J connectivity index is 1.81. The average molecular weight is 342 g/mol. The van der Waals surface area contributed by atoms with E-state index < -0.39 is 0 Å². The van der Waals surface area contributed by atoms with Crippen molar-refractivity contribution in [2.45, 2.75) is 39.2 Å². The monoisotopic (exact) mass is 342 g/mol. The second kappa shape index (κ2) is 6.63. The van der Waals surface area contributed by atoms with Gasteiger partial charge < -0.3 is 19.8 Å². The first-order valence-corrected chi connectivity index (χ1v) is 8.32. The Bertz CT molecular complexity index is 802. The van der Waals surface area contributed by atoms with E-state index in [0.717, 1.165) is 6.42 Å². The van der Waals surface area contributed by atoms with Crippen LogP contribution in [0, 0.1) is 0 Å². The van der Waals surface area contributed by atoms with Gasteiger partial charge in [0, 0.05) is 24.7 Å². The number of hydrogen-bond donors (Lipinski definition) is 2. The molecule has 2 aromatic rings. The van der Waals surface area contributed by atoms with E-state index in [9.17, 15) is 9.59 Å². The Morgan fingerprint density at radius 2 is 2.12 bits per heavy atom. The van der Waals surface area contributed by atoms with Crippen LogP contribution in [0.4, 0.5) is 5.69 Å². The quantitative estimate of drug-likeness (QED) is 0.896. The van der Waals surface area contributed by atoms with Crippen molar-refractivity contribution in [1.29, 1.82) is 0 Å². The van der Waals surface area contributed by atoms with Crippen LogP contribution in [0.3, 0.4) is 0 Å². The van der Waals surface area contributed by atoms with Gasteiger partial charge in [0.1, 0.15) is 23.4 Å². The Kier molecular flexibility index (Phi) is 4.53. The lowest BCUT2D eigenvalue weighted by molar-refractivity contribution is 0.0943. The molecule has 1 aromatic carbocycles. The average Bonchev–Trinajstić information content (AvgIpc) is 2.86. The first-order valence-electron chi connectivity index (χ1n) is 8.32.